The molecule has 8 heteroatoms. The van der Waals surface area contributed by atoms with Crippen LogP contribution < -0.4 is 5.56 Å². The molecule has 8 nitrogen and oxygen atoms in total. The third-order valence-corrected chi connectivity index (χ3v) is 6.70. The molecule has 1 aliphatic heterocycles. The van der Waals surface area contributed by atoms with E-state index in [0.717, 1.165) is 65.8 Å². The van der Waals surface area contributed by atoms with Gasteiger partial charge >= 0.3 is 0 Å². The number of nitrogens with zero attached hydrogens (tertiary/aromatic N) is 5. The predicted octanol–water partition coefficient (Wildman–Crippen LogP) is 3.56. The van der Waals surface area contributed by atoms with Gasteiger partial charge in [-0.3, -0.25) is 9.69 Å². The summed E-state index contributed by atoms with van der Waals surface area (Å²) in [4.78, 5) is 18.3. The second-order valence-electron chi connectivity index (χ2n) is 9.53. The molecular weight excluding hydrogens is 440 g/mol. The van der Waals surface area contributed by atoms with E-state index in [1.54, 1.807) is 0 Å². The number of hydrogen-bond donors (Lipinski definition) is 1. The standard InChI is InChI=1S/C27H32N6O2/c1-19-13-20(2)24-15-22(27(34)28-25(24)14-19)16-32(17-23-9-6-12-35-23)18-26-29-30-31-33(26)11-10-21-7-4-3-5-8-21/h3-5,7-8,13-15,23H,6,9-12,16-18H2,1-2H3,(H,28,34)/t23-/m0/s1. The number of ether oxygens (including phenoxy) is 1. The minimum atomic E-state index is -0.0523. The zero-order valence-corrected chi connectivity index (χ0v) is 20.4. The maximum absolute atomic E-state index is 13.0. The number of aromatic nitrogens is 5. The Kier molecular flexibility index (Phi) is 7.01. The number of H-pyrrole nitrogens is 1. The lowest BCUT2D eigenvalue weighted by atomic mass is 10.0. The Morgan fingerprint density at radius 1 is 1.14 bits per heavy atom. The topological polar surface area (TPSA) is 88.9 Å². The van der Waals surface area contributed by atoms with Gasteiger partial charge in [-0.1, -0.05) is 36.4 Å². The fraction of sp³-hybridized carbons (Fsp3) is 0.407. The van der Waals surface area contributed by atoms with Crippen LogP contribution in [0.2, 0.25) is 0 Å². The van der Waals surface area contributed by atoms with Gasteiger partial charge in [0.1, 0.15) is 0 Å². The Bertz CT molecular complexity index is 1340. The van der Waals surface area contributed by atoms with Crippen molar-refractivity contribution >= 4 is 10.9 Å². The molecule has 0 radical (unpaired) electrons. The molecular formula is C27H32N6O2. The van der Waals surface area contributed by atoms with Gasteiger partial charge in [-0.15, -0.1) is 5.10 Å². The third kappa shape index (κ3) is 5.66. The van der Waals surface area contributed by atoms with Gasteiger partial charge in [0, 0.05) is 42.7 Å². The number of nitrogens with one attached hydrogen (secondary N) is 1. The Morgan fingerprint density at radius 3 is 2.80 bits per heavy atom. The fourth-order valence-electron chi connectivity index (χ4n) is 4.93. The molecule has 35 heavy (non-hydrogen) atoms. The summed E-state index contributed by atoms with van der Waals surface area (Å²) >= 11 is 0. The highest BCUT2D eigenvalue weighted by molar-refractivity contribution is 5.83. The maximum atomic E-state index is 13.0. The first-order valence-corrected chi connectivity index (χ1v) is 12.3. The summed E-state index contributed by atoms with van der Waals surface area (Å²) in [5.74, 6) is 0.794. The molecule has 2 aromatic carbocycles. The average Bonchev–Trinajstić information content (AvgIpc) is 3.51. The zero-order chi connectivity index (χ0) is 24.2. The van der Waals surface area contributed by atoms with Crippen LogP contribution in [0.15, 0.2) is 53.3 Å². The third-order valence-electron chi connectivity index (χ3n) is 6.70. The van der Waals surface area contributed by atoms with Gasteiger partial charge in [0.2, 0.25) is 0 Å². The van der Waals surface area contributed by atoms with E-state index >= 15 is 0 Å². The van der Waals surface area contributed by atoms with Crippen molar-refractivity contribution in [2.24, 2.45) is 0 Å². The van der Waals surface area contributed by atoms with Crippen LogP contribution >= 0.6 is 0 Å². The van der Waals surface area contributed by atoms with E-state index in [1.807, 2.05) is 41.9 Å². The van der Waals surface area contributed by atoms with Gasteiger partial charge in [-0.2, -0.15) is 0 Å². The summed E-state index contributed by atoms with van der Waals surface area (Å²) in [6, 6.07) is 16.5. The van der Waals surface area contributed by atoms with Crippen molar-refractivity contribution in [1.82, 2.24) is 30.1 Å². The van der Waals surface area contributed by atoms with E-state index in [2.05, 4.69) is 50.5 Å². The van der Waals surface area contributed by atoms with Crippen molar-refractivity contribution in [3.63, 3.8) is 0 Å². The molecule has 0 bridgehead atoms. The Morgan fingerprint density at radius 2 is 2.00 bits per heavy atom. The summed E-state index contributed by atoms with van der Waals surface area (Å²) in [5, 5.41) is 13.6. The maximum Gasteiger partial charge on any atom is 0.252 e. The summed E-state index contributed by atoms with van der Waals surface area (Å²) in [5.41, 5.74) is 5.12. The predicted molar refractivity (Wildman–Crippen MR) is 135 cm³/mol. The lowest BCUT2D eigenvalue weighted by Gasteiger charge is -2.24. The van der Waals surface area contributed by atoms with Crippen molar-refractivity contribution in [3.05, 3.63) is 87.0 Å². The SMILES string of the molecule is Cc1cc(C)c2cc(CN(Cc3nnnn3CCc3ccccc3)C[C@@H]3CCCO3)c(=O)[nH]c2c1. The van der Waals surface area contributed by atoms with E-state index in [4.69, 9.17) is 4.74 Å². The number of benzene rings is 2. The van der Waals surface area contributed by atoms with E-state index in [9.17, 15) is 4.79 Å². The van der Waals surface area contributed by atoms with Gasteiger partial charge in [0.05, 0.1) is 12.6 Å². The molecule has 3 heterocycles. The molecule has 1 fully saturated rings. The van der Waals surface area contributed by atoms with Crippen LogP contribution in [0, 0.1) is 13.8 Å². The molecule has 2 aromatic heterocycles. The van der Waals surface area contributed by atoms with Gasteiger partial charge in [-0.25, -0.2) is 4.68 Å². The molecule has 1 atom stereocenters. The first-order valence-electron chi connectivity index (χ1n) is 12.3. The van der Waals surface area contributed by atoms with Crippen LogP contribution in [-0.4, -0.2) is 49.3 Å². The summed E-state index contributed by atoms with van der Waals surface area (Å²) in [7, 11) is 0. The van der Waals surface area contributed by atoms with E-state index in [-0.39, 0.29) is 11.7 Å². The van der Waals surface area contributed by atoms with Crippen molar-refractivity contribution in [3.8, 4) is 0 Å². The molecule has 0 saturated carbocycles. The molecule has 1 saturated heterocycles. The molecule has 1 aliphatic rings. The molecule has 4 aromatic rings. The van der Waals surface area contributed by atoms with Crippen LogP contribution in [0.1, 0.15) is 40.9 Å². The normalized spacial score (nSPS) is 15.9. The van der Waals surface area contributed by atoms with Crippen molar-refractivity contribution in [1.29, 1.82) is 0 Å². The molecule has 0 amide bonds. The number of hydrogen-bond acceptors (Lipinski definition) is 6. The summed E-state index contributed by atoms with van der Waals surface area (Å²) in [6.07, 6.45) is 3.12. The number of aryl methyl sites for hydroxylation is 4. The second kappa shape index (κ2) is 10.5. The average molecular weight is 473 g/mol. The number of aromatic amines is 1. The number of tetrazole rings is 1. The summed E-state index contributed by atoms with van der Waals surface area (Å²) < 4.78 is 7.79. The Labute approximate surface area is 204 Å². The molecule has 1 N–H and O–H groups in total. The van der Waals surface area contributed by atoms with Gasteiger partial charge < -0.3 is 9.72 Å². The lowest BCUT2D eigenvalue weighted by molar-refractivity contribution is 0.0663. The van der Waals surface area contributed by atoms with Crippen LogP contribution in [0.3, 0.4) is 0 Å². The lowest BCUT2D eigenvalue weighted by Crippen LogP contribution is -2.34. The van der Waals surface area contributed by atoms with Crippen molar-refractivity contribution in [2.75, 3.05) is 13.2 Å². The van der Waals surface area contributed by atoms with Crippen molar-refractivity contribution < 1.29 is 4.74 Å². The smallest absolute Gasteiger partial charge is 0.252 e. The van der Waals surface area contributed by atoms with Crippen molar-refractivity contribution in [2.45, 2.75) is 58.8 Å². The monoisotopic (exact) mass is 472 g/mol. The molecule has 182 valence electrons. The first kappa shape index (κ1) is 23.4. The Balaban J connectivity index is 1.37. The van der Waals surface area contributed by atoms with Gasteiger partial charge in [0.15, 0.2) is 5.82 Å². The molecule has 0 spiro atoms. The van der Waals surface area contributed by atoms with E-state index in [0.29, 0.717) is 19.6 Å². The molecule has 0 unspecified atom stereocenters. The van der Waals surface area contributed by atoms with E-state index in [1.165, 1.54) is 5.56 Å². The highest BCUT2D eigenvalue weighted by atomic mass is 16.5. The minimum absolute atomic E-state index is 0.0523. The van der Waals surface area contributed by atoms with Gasteiger partial charge in [0.25, 0.3) is 5.56 Å². The van der Waals surface area contributed by atoms with Crippen LogP contribution in [0.5, 0.6) is 0 Å². The quantitative estimate of drug-likeness (QED) is 0.401. The molecule has 5 rings (SSSR count). The fourth-order valence-corrected chi connectivity index (χ4v) is 4.93. The largest absolute Gasteiger partial charge is 0.377 e. The Hall–Kier alpha value is -3.36. The van der Waals surface area contributed by atoms with Crippen LogP contribution in [0.25, 0.3) is 10.9 Å². The van der Waals surface area contributed by atoms with Crippen LogP contribution in [0.4, 0.5) is 0 Å². The first-order chi connectivity index (χ1) is 17.0. The van der Waals surface area contributed by atoms with E-state index < -0.39 is 0 Å². The van der Waals surface area contributed by atoms with Gasteiger partial charge in [-0.05, 0) is 72.4 Å². The highest BCUT2D eigenvalue weighted by Crippen LogP contribution is 2.20. The summed E-state index contributed by atoms with van der Waals surface area (Å²) in [6.45, 7) is 7.41. The highest BCUT2D eigenvalue weighted by Gasteiger charge is 2.22. The minimum Gasteiger partial charge on any atom is -0.377 e. The van der Waals surface area contributed by atoms with Crippen LogP contribution in [-0.2, 0) is 30.8 Å². The number of pyridine rings is 1. The number of rotatable bonds is 9. The molecule has 0 aliphatic carbocycles. The zero-order valence-electron chi connectivity index (χ0n) is 20.4. The number of fused-ring (bicyclic) bond motifs is 1. The second-order valence-corrected chi connectivity index (χ2v) is 9.53.